The summed E-state index contributed by atoms with van der Waals surface area (Å²) in [6.45, 7) is 1.17. The number of nitrogens with zero attached hydrogens (tertiary/aromatic N) is 2. The van der Waals surface area contributed by atoms with Gasteiger partial charge in [-0.1, -0.05) is 0 Å². The highest BCUT2D eigenvalue weighted by atomic mass is 32.1. The summed E-state index contributed by atoms with van der Waals surface area (Å²) in [6.07, 6.45) is 0. The van der Waals surface area contributed by atoms with Crippen molar-refractivity contribution in [2.24, 2.45) is 0 Å². The number of rotatable bonds is 6. The minimum atomic E-state index is -1.07. The number of likely N-dealkylation sites (N-methyl/N-ethyl adjacent to an activating group) is 1. The fourth-order valence-electron chi connectivity index (χ4n) is 1.11. The summed E-state index contributed by atoms with van der Waals surface area (Å²) in [4.78, 5) is 27.5. The molecule has 0 aromatic carbocycles. The van der Waals surface area contributed by atoms with Crippen LogP contribution < -0.4 is 5.32 Å². The first-order chi connectivity index (χ1) is 8.54. The largest absolute Gasteiger partial charge is 0.476 e. The van der Waals surface area contributed by atoms with Crippen LogP contribution in [0.25, 0.3) is 0 Å². The molecule has 0 saturated carbocycles. The first-order valence-electron chi connectivity index (χ1n) is 5.20. The molecule has 0 atom stereocenters. The fraction of sp³-hybridized carbons (Fsp3) is 0.500. The number of hydrogen-bond donors (Lipinski definition) is 2. The zero-order valence-electron chi connectivity index (χ0n) is 10.2. The van der Waals surface area contributed by atoms with Crippen LogP contribution in [0, 0.1) is 0 Å². The highest BCUT2D eigenvalue weighted by molar-refractivity contribution is 7.09. The Morgan fingerprint density at radius 1 is 1.61 bits per heavy atom. The van der Waals surface area contributed by atoms with Crippen LogP contribution in [0.15, 0.2) is 5.38 Å². The number of carbonyl (C=O) groups excluding carboxylic acids is 1. The Morgan fingerprint density at radius 3 is 2.89 bits per heavy atom. The van der Waals surface area contributed by atoms with Gasteiger partial charge in [0.2, 0.25) is 0 Å². The normalized spacial score (nSPS) is 10.1. The van der Waals surface area contributed by atoms with Crippen molar-refractivity contribution in [3.63, 3.8) is 0 Å². The van der Waals surface area contributed by atoms with Crippen molar-refractivity contribution < 1.29 is 19.4 Å². The number of hydrogen-bond acceptors (Lipinski definition) is 5. The number of ether oxygens (including phenoxy) is 1. The van der Waals surface area contributed by atoms with Crippen LogP contribution >= 0.6 is 11.3 Å². The second-order valence-corrected chi connectivity index (χ2v) is 4.45. The number of nitrogens with one attached hydrogen (secondary N) is 1. The molecule has 0 spiro atoms. The molecule has 0 radical (unpaired) electrons. The summed E-state index contributed by atoms with van der Waals surface area (Å²) in [5.74, 6) is -1.07. The predicted molar refractivity (Wildman–Crippen MR) is 65.8 cm³/mol. The van der Waals surface area contributed by atoms with Gasteiger partial charge < -0.3 is 20.1 Å². The van der Waals surface area contributed by atoms with Crippen molar-refractivity contribution in [3.8, 4) is 0 Å². The lowest BCUT2D eigenvalue weighted by atomic mass is 10.5. The van der Waals surface area contributed by atoms with Gasteiger partial charge in [-0.15, -0.1) is 11.3 Å². The molecule has 18 heavy (non-hydrogen) atoms. The van der Waals surface area contributed by atoms with E-state index in [1.807, 2.05) is 0 Å². The van der Waals surface area contributed by atoms with Crippen molar-refractivity contribution in [1.29, 1.82) is 0 Å². The standard InChI is InChI=1S/C10H15N3O4S/c1-13(3-4-17-2)10(16)11-5-8-12-7(6-18-8)9(14)15/h6H,3-5H2,1-2H3,(H,11,16)(H,14,15). The molecule has 1 rings (SSSR count). The lowest BCUT2D eigenvalue weighted by Crippen LogP contribution is -2.38. The van der Waals surface area contributed by atoms with Crippen LogP contribution in [0.1, 0.15) is 15.5 Å². The first kappa shape index (κ1) is 14.4. The molecule has 8 heteroatoms. The first-order valence-corrected chi connectivity index (χ1v) is 6.08. The topological polar surface area (TPSA) is 91.8 Å². The van der Waals surface area contributed by atoms with Crippen LogP contribution in [0.3, 0.4) is 0 Å². The fourth-order valence-corrected chi connectivity index (χ4v) is 1.81. The third-order valence-electron chi connectivity index (χ3n) is 2.14. The third-order valence-corrected chi connectivity index (χ3v) is 2.99. The molecule has 2 amide bonds. The minimum absolute atomic E-state index is 0.00279. The van der Waals surface area contributed by atoms with Crippen molar-refractivity contribution in [2.45, 2.75) is 6.54 Å². The SMILES string of the molecule is COCCN(C)C(=O)NCc1nc(C(=O)O)cs1. The summed E-state index contributed by atoms with van der Waals surface area (Å²) in [6, 6.07) is -0.251. The van der Waals surface area contributed by atoms with Gasteiger partial charge in [0, 0.05) is 26.1 Å². The molecule has 0 saturated heterocycles. The molecule has 0 aliphatic heterocycles. The predicted octanol–water partition coefficient (Wildman–Crippen LogP) is 0.629. The Balaban J connectivity index is 2.39. The Hall–Kier alpha value is -1.67. The van der Waals surface area contributed by atoms with E-state index in [4.69, 9.17) is 9.84 Å². The van der Waals surface area contributed by atoms with E-state index in [1.54, 1.807) is 14.2 Å². The number of carbonyl (C=O) groups is 2. The molecule has 0 fully saturated rings. The number of aromatic nitrogens is 1. The van der Waals surface area contributed by atoms with E-state index in [9.17, 15) is 9.59 Å². The average Bonchev–Trinajstić information content (AvgIpc) is 2.81. The highest BCUT2D eigenvalue weighted by Gasteiger charge is 2.11. The third kappa shape index (κ3) is 4.30. The molecule has 2 N–H and O–H groups in total. The smallest absolute Gasteiger partial charge is 0.355 e. The van der Waals surface area contributed by atoms with E-state index in [0.29, 0.717) is 18.2 Å². The molecular weight excluding hydrogens is 258 g/mol. The van der Waals surface area contributed by atoms with Gasteiger partial charge in [-0.25, -0.2) is 14.6 Å². The summed E-state index contributed by atoms with van der Waals surface area (Å²) in [5, 5.41) is 13.3. The number of methoxy groups -OCH3 is 1. The number of aromatic carboxylic acids is 1. The van der Waals surface area contributed by atoms with Gasteiger partial charge in [0.15, 0.2) is 5.69 Å². The highest BCUT2D eigenvalue weighted by Crippen LogP contribution is 2.09. The Bertz CT molecular complexity index is 421. The van der Waals surface area contributed by atoms with Gasteiger partial charge in [-0.2, -0.15) is 0 Å². The summed E-state index contributed by atoms with van der Waals surface area (Å²) in [5.41, 5.74) is -0.00279. The van der Waals surface area contributed by atoms with Crippen molar-refractivity contribution in [3.05, 3.63) is 16.1 Å². The van der Waals surface area contributed by atoms with Gasteiger partial charge in [0.1, 0.15) is 5.01 Å². The van der Waals surface area contributed by atoms with E-state index in [1.165, 1.54) is 21.6 Å². The van der Waals surface area contributed by atoms with Gasteiger partial charge in [0.05, 0.1) is 13.2 Å². The lowest BCUT2D eigenvalue weighted by molar-refractivity contribution is 0.0691. The number of urea groups is 1. The average molecular weight is 273 g/mol. The zero-order chi connectivity index (χ0) is 13.5. The van der Waals surface area contributed by atoms with E-state index in [0.717, 1.165) is 0 Å². The van der Waals surface area contributed by atoms with Crippen LogP contribution in [0.2, 0.25) is 0 Å². The van der Waals surface area contributed by atoms with Gasteiger partial charge in [-0.3, -0.25) is 0 Å². The molecule has 0 unspecified atom stereocenters. The maximum atomic E-state index is 11.6. The van der Waals surface area contributed by atoms with Crippen LogP contribution in [0.5, 0.6) is 0 Å². The van der Waals surface area contributed by atoms with Crippen LogP contribution in [-0.2, 0) is 11.3 Å². The van der Waals surface area contributed by atoms with E-state index in [2.05, 4.69) is 10.3 Å². The van der Waals surface area contributed by atoms with Gasteiger partial charge >= 0.3 is 12.0 Å². The lowest BCUT2D eigenvalue weighted by Gasteiger charge is -2.16. The molecule has 1 heterocycles. The maximum Gasteiger partial charge on any atom is 0.355 e. The molecule has 0 bridgehead atoms. The number of thiazole rings is 1. The molecule has 1 aromatic heterocycles. The molecule has 1 aromatic rings. The second kappa shape index (κ2) is 6.92. The maximum absolute atomic E-state index is 11.6. The number of amides is 2. The van der Waals surface area contributed by atoms with Crippen molar-refractivity contribution in [2.75, 3.05) is 27.3 Å². The van der Waals surface area contributed by atoms with Crippen molar-refractivity contribution >= 4 is 23.3 Å². The number of carboxylic acids is 1. The van der Waals surface area contributed by atoms with E-state index in [-0.39, 0.29) is 18.3 Å². The summed E-state index contributed by atoms with van der Waals surface area (Å²) < 4.78 is 4.86. The van der Waals surface area contributed by atoms with Crippen molar-refractivity contribution in [1.82, 2.24) is 15.2 Å². The van der Waals surface area contributed by atoms with Crippen LogP contribution in [-0.4, -0.2) is 54.3 Å². The molecular formula is C10H15N3O4S. The zero-order valence-corrected chi connectivity index (χ0v) is 11.0. The monoisotopic (exact) mass is 273 g/mol. The Labute approximate surface area is 108 Å². The molecule has 0 aliphatic carbocycles. The molecule has 0 aliphatic rings. The van der Waals surface area contributed by atoms with E-state index >= 15 is 0 Å². The van der Waals surface area contributed by atoms with Gasteiger partial charge in [0.25, 0.3) is 0 Å². The van der Waals surface area contributed by atoms with Gasteiger partial charge in [-0.05, 0) is 0 Å². The molecule has 7 nitrogen and oxygen atoms in total. The quantitative estimate of drug-likeness (QED) is 0.793. The number of carboxylic acid groups (broad SMARTS) is 1. The minimum Gasteiger partial charge on any atom is -0.476 e. The summed E-state index contributed by atoms with van der Waals surface area (Å²) in [7, 11) is 3.22. The molecule has 100 valence electrons. The summed E-state index contributed by atoms with van der Waals surface area (Å²) >= 11 is 1.20. The Kier molecular flexibility index (Phi) is 5.53. The second-order valence-electron chi connectivity index (χ2n) is 3.50. The van der Waals surface area contributed by atoms with E-state index < -0.39 is 5.97 Å². The van der Waals surface area contributed by atoms with Crippen LogP contribution in [0.4, 0.5) is 4.79 Å². The Morgan fingerprint density at radius 2 is 2.33 bits per heavy atom.